The van der Waals surface area contributed by atoms with Crippen LogP contribution in [0.2, 0.25) is 0 Å². The van der Waals surface area contributed by atoms with Gasteiger partial charge in [-0.05, 0) is 36.6 Å². The maximum Gasteiger partial charge on any atom is 0.191 e. The fourth-order valence-corrected chi connectivity index (χ4v) is 3.55. The third-order valence-corrected chi connectivity index (χ3v) is 5.29. The third kappa shape index (κ3) is 8.69. The Morgan fingerprint density at radius 1 is 0.968 bits per heavy atom. The minimum Gasteiger partial charge on any atom is -0.379 e. The fourth-order valence-electron chi connectivity index (χ4n) is 3.55. The molecule has 168 valence electrons. The van der Waals surface area contributed by atoms with Crippen LogP contribution in [0.25, 0.3) is 0 Å². The van der Waals surface area contributed by atoms with Gasteiger partial charge >= 0.3 is 0 Å². The molecule has 1 saturated heterocycles. The molecule has 3 rings (SSSR count). The van der Waals surface area contributed by atoms with Crippen LogP contribution in [0.5, 0.6) is 0 Å². The van der Waals surface area contributed by atoms with Crippen molar-refractivity contribution < 1.29 is 9.47 Å². The molecule has 6 nitrogen and oxygen atoms in total. The second-order valence-corrected chi connectivity index (χ2v) is 7.68. The number of nitrogens with one attached hydrogen (secondary N) is 2. The lowest BCUT2D eigenvalue weighted by molar-refractivity contribution is 0.0376. The van der Waals surface area contributed by atoms with Crippen LogP contribution < -0.4 is 10.6 Å². The molecule has 0 radical (unpaired) electrons. The quantitative estimate of drug-likeness (QED) is 0.330. The molecule has 31 heavy (non-hydrogen) atoms. The molecule has 1 heterocycles. The summed E-state index contributed by atoms with van der Waals surface area (Å²) in [6, 6.07) is 18.7. The second kappa shape index (κ2) is 13.8. The van der Waals surface area contributed by atoms with Crippen LogP contribution in [0.4, 0.5) is 0 Å². The first kappa shape index (κ1) is 23.3. The average Bonchev–Trinajstić information content (AvgIpc) is 2.82. The van der Waals surface area contributed by atoms with Crippen molar-refractivity contribution in [3.05, 3.63) is 71.3 Å². The van der Waals surface area contributed by atoms with Gasteiger partial charge in [0.25, 0.3) is 0 Å². The van der Waals surface area contributed by atoms with Gasteiger partial charge in [-0.25, -0.2) is 4.99 Å². The highest BCUT2D eigenvalue weighted by Crippen LogP contribution is 2.13. The molecule has 2 aromatic carbocycles. The number of benzene rings is 2. The fraction of sp³-hybridized carbons (Fsp3) is 0.480. The summed E-state index contributed by atoms with van der Waals surface area (Å²) in [7, 11) is 0. The predicted molar refractivity (Wildman–Crippen MR) is 126 cm³/mol. The number of nitrogens with zero attached hydrogens (tertiary/aromatic N) is 2. The Bertz CT molecular complexity index is 776. The average molecular weight is 425 g/mol. The smallest absolute Gasteiger partial charge is 0.191 e. The first-order valence-corrected chi connectivity index (χ1v) is 11.4. The van der Waals surface area contributed by atoms with E-state index in [1.807, 2.05) is 18.2 Å². The Kier molecular flexibility index (Phi) is 10.4. The molecule has 1 aliphatic heterocycles. The van der Waals surface area contributed by atoms with Crippen molar-refractivity contribution in [1.29, 1.82) is 0 Å². The number of ether oxygens (including phenoxy) is 2. The molecule has 0 bridgehead atoms. The first-order valence-electron chi connectivity index (χ1n) is 11.4. The van der Waals surface area contributed by atoms with Crippen molar-refractivity contribution in [2.45, 2.75) is 33.1 Å². The van der Waals surface area contributed by atoms with Crippen molar-refractivity contribution in [3.63, 3.8) is 0 Å². The van der Waals surface area contributed by atoms with Crippen LogP contribution in [0.3, 0.4) is 0 Å². The van der Waals surface area contributed by atoms with Crippen molar-refractivity contribution in [1.82, 2.24) is 15.5 Å². The van der Waals surface area contributed by atoms with E-state index in [9.17, 15) is 0 Å². The maximum atomic E-state index is 5.94. The van der Waals surface area contributed by atoms with Gasteiger partial charge in [0.1, 0.15) is 0 Å². The largest absolute Gasteiger partial charge is 0.379 e. The van der Waals surface area contributed by atoms with E-state index in [0.29, 0.717) is 19.8 Å². The number of morpholine rings is 1. The van der Waals surface area contributed by atoms with E-state index in [0.717, 1.165) is 58.3 Å². The molecule has 0 atom stereocenters. The van der Waals surface area contributed by atoms with Gasteiger partial charge in [-0.15, -0.1) is 0 Å². The van der Waals surface area contributed by atoms with E-state index < -0.39 is 0 Å². The number of rotatable bonds is 11. The Morgan fingerprint density at radius 3 is 2.48 bits per heavy atom. The van der Waals surface area contributed by atoms with Crippen LogP contribution in [-0.2, 0) is 29.2 Å². The van der Waals surface area contributed by atoms with Gasteiger partial charge in [-0.2, -0.15) is 0 Å². The Hall–Kier alpha value is -2.41. The molecule has 0 aliphatic carbocycles. The van der Waals surface area contributed by atoms with Crippen LogP contribution in [0.15, 0.2) is 59.6 Å². The molecule has 2 N–H and O–H groups in total. The molecule has 2 aromatic rings. The molecule has 0 spiro atoms. The predicted octanol–water partition coefficient (Wildman–Crippen LogP) is 3.18. The monoisotopic (exact) mass is 424 g/mol. The van der Waals surface area contributed by atoms with Gasteiger partial charge in [0.05, 0.1) is 33.0 Å². The van der Waals surface area contributed by atoms with E-state index in [4.69, 9.17) is 14.5 Å². The molecule has 6 heteroatoms. The van der Waals surface area contributed by atoms with Crippen LogP contribution in [0, 0.1) is 0 Å². The van der Waals surface area contributed by atoms with E-state index in [-0.39, 0.29) is 0 Å². The van der Waals surface area contributed by atoms with Gasteiger partial charge < -0.3 is 20.1 Å². The Labute approximate surface area is 186 Å². The van der Waals surface area contributed by atoms with E-state index in [2.05, 4.69) is 58.9 Å². The molecule has 0 amide bonds. The lowest BCUT2D eigenvalue weighted by Gasteiger charge is -2.26. The second-order valence-electron chi connectivity index (χ2n) is 7.68. The van der Waals surface area contributed by atoms with Crippen molar-refractivity contribution in [2.75, 3.05) is 45.9 Å². The summed E-state index contributed by atoms with van der Waals surface area (Å²) < 4.78 is 11.4. The summed E-state index contributed by atoms with van der Waals surface area (Å²) in [5.41, 5.74) is 3.57. The molecule has 1 aliphatic rings. The molecule has 1 fully saturated rings. The van der Waals surface area contributed by atoms with E-state index in [1.54, 1.807) is 0 Å². The topological polar surface area (TPSA) is 58.1 Å². The molecule has 0 saturated carbocycles. The van der Waals surface area contributed by atoms with Crippen LogP contribution in [-0.4, -0.2) is 56.8 Å². The summed E-state index contributed by atoms with van der Waals surface area (Å²) in [5, 5.41) is 6.81. The highest BCUT2D eigenvalue weighted by atomic mass is 16.5. The Morgan fingerprint density at radius 2 is 1.71 bits per heavy atom. The molecular weight excluding hydrogens is 388 g/mol. The van der Waals surface area contributed by atoms with Crippen molar-refractivity contribution in [3.8, 4) is 0 Å². The number of guanidine groups is 1. The minimum absolute atomic E-state index is 0.587. The van der Waals surface area contributed by atoms with Gasteiger partial charge in [-0.1, -0.05) is 54.6 Å². The zero-order chi connectivity index (χ0) is 21.6. The summed E-state index contributed by atoms with van der Waals surface area (Å²) in [6.07, 6.45) is 1.09. The Balaban J connectivity index is 1.46. The summed E-state index contributed by atoms with van der Waals surface area (Å²) in [4.78, 5) is 7.26. The summed E-state index contributed by atoms with van der Waals surface area (Å²) >= 11 is 0. The van der Waals surface area contributed by atoms with Gasteiger partial charge in [0, 0.05) is 26.2 Å². The minimum atomic E-state index is 0.587. The normalized spacial score (nSPS) is 15.1. The van der Waals surface area contributed by atoms with Crippen molar-refractivity contribution in [2.24, 2.45) is 4.99 Å². The lowest BCUT2D eigenvalue weighted by Crippen LogP contribution is -2.40. The zero-order valence-corrected chi connectivity index (χ0v) is 18.7. The first-order chi connectivity index (χ1) is 15.3. The molecular formula is C25H36N4O2. The van der Waals surface area contributed by atoms with Crippen molar-refractivity contribution >= 4 is 5.96 Å². The molecule has 0 aromatic heterocycles. The lowest BCUT2D eigenvalue weighted by atomic mass is 10.1. The van der Waals surface area contributed by atoms with Crippen LogP contribution >= 0.6 is 0 Å². The SMILES string of the molecule is CCNC(=NCc1ccccc1COCc1ccccc1)NCCCN1CCOCC1. The molecule has 0 unspecified atom stereocenters. The number of aliphatic imine (C=N–C) groups is 1. The number of hydrogen-bond donors (Lipinski definition) is 2. The van der Waals surface area contributed by atoms with Gasteiger partial charge in [0.15, 0.2) is 5.96 Å². The highest BCUT2D eigenvalue weighted by molar-refractivity contribution is 5.79. The maximum absolute atomic E-state index is 5.94. The third-order valence-electron chi connectivity index (χ3n) is 5.29. The van der Waals surface area contributed by atoms with E-state index in [1.165, 1.54) is 16.7 Å². The van der Waals surface area contributed by atoms with Crippen LogP contribution in [0.1, 0.15) is 30.0 Å². The zero-order valence-electron chi connectivity index (χ0n) is 18.7. The van der Waals surface area contributed by atoms with E-state index >= 15 is 0 Å². The standard InChI is InChI=1S/C25H36N4O2/c1-2-26-25(27-13-8-14-29-15-17-30-18-16-29)28-19-23-11-6-7-12-24(23)21-31-20-22-9-4-3-5-10-22/h3-7,9-12H,2,8,13-21H2,1H3,(H2,26,27,28). The summed E-state index contributed by atoms with van der Waals surface area (Å²) in [6.45, 7) is 10.6. The van der Waals surface area contributed by atoms with Gasteiger partial charge in [-0.3, -0.25) is 4.90 Å². The number of hydrogen-bond acceptors (Lipinski definition) is 4. The summed E-state index contributed by atoms with van der Waals surface area (Å²) in [5.74, 6) is 0.865. The highest BCUT2D eigenvalue weighted by Gasteiger charge is 2.09. The van der Waals surface area contributed by atoms with Gasteiger partial charge in [0.2, 0.25) is 0 Å².